The van der Waals surface area contributed by atoms with Crippen LogP contribution in [0.4, 0.5) is 27.6 Å². The van der Waals surface area contributed by atoms with Crippen molar-refractivity contribution < 1.29 is 31.9 Å². The molecule has 0 bridgehead atoms. The van der Waals surface area contributed by atoms with Gasteiger partial charge in [-0.25, -0.2) is 13.6 Å². The van der Waals surface area contributed by atoms with Crippen molar-refractivity contribution in [1.82, 2.24) is 0 Å². The first-order chi connectivity index (χ1) is 9.10. The van der Waals surface area contributed by atoms with Gasteiger partial charge in [-0.2, -0.15) is 13.2 Å². The van der Waals surface area contributed by atoms with Crippen molar-refractivity contribution in [3.63, 3.8) is 0 Å². The van der Waals surface area contributed by atoms with Crippen LogP contribution in [0.3, 0.4) is 0 Å². The molecule has 110 valence electrons. The number of nitrogens with zero attached hydrogens (tertiary/aromatic N) is 1. The zero-order valence-corrected chi connectivity index (χ0v) is 10.0. The minimum absolute atomic E-state index is 0.251. The molecule has 1 fully saturated rings. The first kappa shape index (κ1) is 14.5. The van der Waals surface area contributed by atoms with Crippen molar-refractivity contribution in [2.75, 3.05) is 18.0 Å². The predicted octanol–water partition coefficient (Wildman–Crippen LogP) is 3.25. The van der Waals surface area contributed by atoms with E-state index in [4.69, 9.17) is 5.11 Å². The van der Waals surface area contributed by atoms with E-state index in [1.54, 1.807) is 0 Å². The second kappa shape index (κ2) is 4.60. The zero-order chi connectivity index (χ0) is 15.1. The Morgan fingerprint density at radius 2 is 1.95 bits per heavy atom. The van der Waals surface area contributed by atoms with Gasteiger partial charge >= 0.3 is 12.1 Å². The van der Waals surface area contributed by atoms with Crippen molar-refractivity contribution >= 4 is 11.7 Å². The van der Waals surface area contributed by atoms with E-state index in [0.717, 1.165) is 17.0 Å². The van der Waals surface area contributed by atoms with Crippen molar-refractivity contribution in [3.8, 4) is 0 Å². The number of carboxylic acid groups (broad SMARTS) is 1. The van der Waals surface area contributed by atoms with Crippen LogP contribution in [0, 0.1) is 0 Å². The van der Waals surface area contributed by atoms with Gasteiger partial charge in [0, 0.05) is 13.0 Å². The number of hydrogen-bond donors (Lipinski definition) is 1. The minimum atomic E-state index is -4.73. The molecule has 0 radical (unpaired) electrons. The lowest BCUT2D eigenvalue weighted by Crippen LogP contribution is -2.27. The maximum atomic E-state index is 13.1. The third-order valence-corrected chi connectivity index (χ3v) is 3.06. The Morgan fingerprint density at radius 1 is 1.30 bits per heavy atom. The maximum absolute atomic E-state index is 13.1. The molecule has 20 heavy (non-hydrogen) atoms. The number of alkyl halides is 5. The summed E-state index contributed by atoms with van der Waals surface area (Å²) >= 11 is 0. The molecule has 0 spiro atoms. The van der Waals surface area contributed by atoms with Crippen LogP contribution in [0.1, 0.15) is 22.3 Å². The van der Waals surface area contributed by atoms with Gasteiger partial charge in [0.15, 0.2) is 0 Å². The molecule has 3 nitrogen and oxygen atoms in total. The van der Waals surface area contributed by atoms with E-state index in [2.05, 4.69) is 0 Å². The largest absolute Gasteiger partial charge is 0.478 e. The van der Waals surface area contributed by atoms with E-state index in [-0.39, 0.29) is 12.1 Å². The third-order valence-electron chi connectivity index (χ3n) is 3.06. The summed E-state index contributed by atoms with van der Waals surface area (Å²) in [5.41, 5.74) is -2.00. The van der Waals surface area contributed by atoms with Gasteiger partial charge in [0.05, 0.1) is 23.4 Å². The highest BCUT2D eigenvalue weighted by Gasteiger charge is 2.42. The second-order valence-electron chi connectivity index (χ2n) is 4.56. The number of carboxylic acids is 1. The van der Waals surface area contributed by atoms with E-state index in [1.807, 2.05) is 0 Å². The van der Waals surface area contributed by atoms with Crippen LogP contribution in [-0.2, 0) is 6.18 Å². The number of anilines is 1. The second-order valence-corrected chi connectivity index (χ2v) is 4.56. The Hall–Kier alpha value is -1.86. The SMILES string of the molecule is O=C(O)c1ccc(C(F)(F)F)c(N2CCC(F)(F)C2)c1. The predicted molar refractivity (Wildman–Crippen MR) is 60.2 cm³/mol. The summed E-state index contributed by atoms with van der Waals surface area (Å²) in [4.78, 5) is 11.7. The fourth-order valence-electron chi connectivity index (χ4n) is 2.11. The summed E-state index contributed by atoms with van der Waals surface area (Å²) in [6.45, 7) is -1.10. The van der Waals surface area contributed by atoms with Gasteiger partial charge in [-0.05, 0) is 18.2 Å². The monoisotopic (exact) mass is 295 g/mol. The van der Waals surface area contributed by atoms with Crippen LogP contribution in [0.5, 0.6) is 0 Å². The number of aromatic carboxylic acids is 1. The van der Waals surface area contributed by atoms with Crippen LogP contribution in [-0.4, -0.2) is 30.1 Å². The van der Waals surface area contributed by atoms with E-state index in [9.17, 15) is 26.7 Å². The van der Waals surface area contributed by atoms with Crippen LogP contribution in [0.25, 0.3) is 0 Å². The summed E-state index contributed by atoms with van der Waals surface area (Å²) in [5.74, 6) is -4.48. The molecule has 1 aromatic carbocycles. The molecule has 0 aliphatic carbocycles. The molecule has 1 aromatic rings. The van der Waals surface area contributed by atoms with Gasteiger partial charge in [0.1, 0.15) is 0 Å². The molecule has 0 amide bonds. The van der Waals surface area contributed by atoms with Gasteiger partial charge in [0.2, 0.25) is 0 Å². The normalized spacial score (nSPS) is 18.4. The Morgan fingerprint density at radius 3 is 2.40 bits per heavy atom. The topological polar surface area (TPSA) is 40.5 Å². The smallest absolute Gasteiger partial charge is 0.418 e. The van der Waals surface area contributed by atoms with E-state index < -0.39 is 42.3 Å². The highest BCUT2D eigenvalue weighted by atomic mass is 19.4. The van der Waals surface area contributed by atoms with Crippen molar-refractivity contribution in [1.29, 1.82) is 0 Å². The summed E-state index contributed by atoms with van der Waals surface area (Å²) in [7, 11) is 0. The Balaban J connectivity index is 2.48. The third kappa shape index (κ3) is 2.83. The van der Waals surface area contributed by atoms with Crippen molar-refractivity contribution in [2.24, 2.45) is 0 Å². The molecule has 0 aromatic heterocycles. The molecule has 1 saturated heterocycles. The molecular weight excluding hydrogens is 285 g/mol. The summed E-state index contributed by atoms with van der Waals surface area (Å²) in [5, 5.41) is 8.80. The molecule has 8 heteroatoms. The Labute approximate surface area is 110 Å². The first-order valence-electron chi connectivity index (χ1n) is 5.67. The highest BCUT2D eigenvalue weighted by molar-refractivity contribution is 5.89. The average molecular weight is 295 g/mol. The zero-order valence-electron chi connectivity index (χ0n) is 10.0. The molecule has 1 N–H and O–H groups in total. The highest BCUT2D eigenvalue weighted by Crippen LogP contribution is 2.40. The number of carbonyl (C=O) groups is 1. The minimum Gasteiger partial charge on any atom is -0.478 e. The number of hydrogen-bond acceptors (Lipinski definition) is 2. The van der Waals surface area contributed by atoms with E-state index in [1.165, 1.54) is 0 Å². The number of rotatable bonds is 2. The lowest BCUT2D eigenvalue weighted by atomic mass is 10.1. The standard InChI is InChI=1S/C12H10F5NO2/c13-11(14)3-4-18(6-11)9-5-7(10(19)20)1-2-8(9)12(15,16)17/h1-2,5H,3-4,6H2,(H,19,20). The fourth-order valence-corrected chi connectivity index (χ4v) is 2.11. The van der Waals surface area contributed by atoms with Gasteiger partial charge in [-0.3, -0.25) is 0 Å². The first-order valence-corrected chi connectivity index (χ1v) is 5.67. The molecule has 0 unspecified atom stereocenters. The summed E-state index contributed by atoms with van der Waals surface area (Å²) in [6.07, 6.45) is -5.29. The number of halogens is 5. The quantitative estimate of drug-likeness (QED) is 0.851. The van der Waals surface area contributed by atoms with Crippen molar-refractivity contribution in [2.45, 2.75) is 18.5 Å². The van der Waals surface area contributed by atoms with E-state index in [0.29, 0.717) is 6.07 Å². The van der Waals surface area contributed by atoms with Gasteiger partial charge < -0.3 is 10.0 Å². The van der Waals surface area contributed by atoms with Gasteiger partial charge in [0.25, 0.3) is 5.92 Å². The maximum Gasteiger partial charge on any atom is 0.418 e. The van der Waals surface area contributed by atoms with Crippen LogP contribution >= 0.6 is 0 Å². The van der Waals surface area contributed by atoms with E-state index >= 15 is 0 Å². The van der Waals surface area contributed by atoms with Crippen LogP contribution < -0.4 is 4.90 Å². The van der Waals surface area contributed by atoms with Crippen LogP contribution in [0.2, 0.25) is 0 Å². The lowest BCUT2D eigenvalue weighted by Gasteiger charge is -2.23. The Kier molecular flexibility index (Phi) is 3.35. The molecule has 0 atom stereocenters. The Bertz CT molecular complexity index is 541. The molecule has 0 saturated carbocycles. The average Bonchev–Trinajstić information content (AvgIpc) is 2.67. The number of benzene rings is 1. The molecule has 1 heterocycles. The van der Waals surface area contributed by atoms with Crippen molar-refractivity contribution in [3.05, 3.63) is 29.3 Å². The summed E-state index contributed by atoms with van der Waals surface area (Å²) < 4.78 is 64.9. The molecule has 2 rings (SSSR count). The fraction of sp³-hybridized carbons (Fsp3) is 0.417. The molecule has 1 aliphatic rings. The van der Waals surface area contributed by atoms with Gasteiger partial charge in [-0.15, -0.1) is 0 Å². The lowest BCUT2D eigenvalue weighted by molar-refractivity contribution is -0.137. The van der Waals surface area contributed by atoms with Gasteiger partial charge in [-0.1, -0.05) is 0 Å². The summed E-state index contributed by atoms with van der Waals surface area (Å²) in [6, 6.07) is 2.20. The molecule has 1 aliphatic heterocycles. The molecular formula is C12H10F5NO2. The van der Waals surface area contributed by atoms with Crippen LogP contribution in [0.15, 0.2) is 18.2 Å².